The Morgan fingerprint density at radius 3 is 2.20 bits per heavy atom. The molecule has 0 aromatic carbocycles. The summed E-state index contributed by atoms with van der Waals surface area (Å²) in [5, 5.41) is 8.89. The van der Waals surface area contributed by atoms with Crippen molar-refractivity contribution in [1.29, 1.82) is 0 Å². The van der Waals surface area contributed by atoms with Crippen molar-refractivity contribution in [2.24, 2.45) is 0 Å². The lowest BCUT2D eigenvalue weighted by Crippen LogP contribution is -2.36. The topological polar surface area (TPSA) is 89.0 Å². The van der Waals surface area contributed by atoms with Gasteiger partial charge in [0.25, 0.3) is 10.0 Å². The number of aliphatic hydroxyl groups excluding tert-OH is 1. The van der Waals surface area contributed by atoms with Crippen molar-refractivity contribution in [2.75, 3.05) is 40.5 Å². The number of hydrogen-bond acceptors (Lipinski definition) is 6. The van der Waals surface area contributed by atoms with Crippen LogP contribution in [-0.2, 0) is 26.1 Å². The van der Waals surface area contributed by atoms with Crippen molar-refractivity contribution >= 4 is 10.0 Å². The molecule has 0 aliphatic carbocycles. The van der Waals surface area contributed by atoms with Gasteiger partial charge in [-0.1, -0.05) is 6.07 Å². The third-order valence-corrected chi connectivity index (χ3v) is 4.49. The first-order valence-corrected chi connectivity index (χ1v) is 7.54. The van der Waals surface area contributed by atoms with Crippen LogP contribution in [0, 0.1) is 0 Å². The SMILES string of the molecule is COCCN(CCOC)S(=O)(=O)c1ccc(CO)cn1. The largest absolute Gasteiger partial charge is 0.392 e. The number of aliphatic hydroxyl groups is 1. The Morgan fingerprint density at radius 2 is 1.80 bits per heavy atom. The molecular weight excluding hydrogens is 284 g/mol. The summed E-state index contributed by atoms with van der Waals surface area (Å²) >= 11 is 0. The van der Waals surface area contributed by atoms with Crippen LogP contribution in [0.4, 0.5) is 0 Å². The second-order valence-electron chi connectivity index (χ2n) is 4.05. The van der Waals surface area contributed by atoms with E-state index in [0.717, 1.165) is 0 Å². The van der Waals surface area contributed by atoms with Gasteiger partial charge >= 0.3 is 0 Å². The van der Waals surface area contributed by atoms with Gasteiger partial charge < -0.3 is 14.6 Å². The van der Waals surface area contributed by atoms with Gasteiger partial charge in [-0.25, -0.2) is 13.4 Å². The van der Waals surface area contributed by atoms with Gasteiger partial charge in [-0.05, 0) is 11.6 Å². The lowest BCUT2D eigenvalue weighted by Gasteiger charge is -2.21. The highest BCUT2D eigenvalue weighted by Gasteiger charge is 2.25. The average Bonchev–Trinajstić information content (AvgIpc) is 2.47. The predicted octanol–water partition coefficient (Wildman–Crippen LogP) is -0.143. The molecule has 0 fully saturated rings. The molecule has 7 nitrogen and oxygen atoms in total. The molecule has 0 radical (unpaired) electrons. The van der Waals surface area contributed by atoms with E-state index >= 15 is 0 Å². The van der Waals surface area contributed by atoms with E-state index in [1.165, 1.54) is 36.9 Å². The first-order valence-electron chi connectivity index (χ1n) is 6.10. The molecule has 0 saturated carbocycles. The Labute approximate surface area is 119 Å². The van der Waals surface area contributed by atoms with E-state index in [-0.39, 0.29) is 37.9 Å². The molecule has 0 saturated heterocycles. The minimum absolute atomic E-state index is 0.0538. The number of aromatic nitrogens is 1. The van der Waals surface area contributed by atoms with E-state index < -0.39 is 10.0 Å². The zero-order chi connectivity index (χ0) is 15.0. The molecule has 1 aromatic heterocycles. The van der Waals surface area contributed by atoms with E-state index in [4.69, 9.17) is 14.6 Å². The fraction of sp³-hybridized carbons (Fsp3) is 0.583. The lowest BCUT2D eigenvalue weighted by atomic mass is 10.3. The van der Waals surface area contributed by atoms with Crippen LogP contribution in [0.5, 0.6) is 0 Å². The van der Waals surface area contributed by atoms with E-state index in [9.17, 15) is 8.42 Å². The van der Waals surface area contributed by atoms with E-state index in [1.807, 2.05) is 0 Å². The number of nitrogens with zero attached hydrogens (tertiary/aromatic N) is 2. The maximum Gasteiger partial charge on any atom is 0.260 e. The smallest absolute Gasteiger partial charge is 0.260 e. The van der Waals surface area contributed by atoms with Crippen molar-refractivity contribution in [1.82, 2.24) is 9.29 Å². The minimum Gasteiger partial charge on any atom is -0.392 e. The van der Waals surface area contributed by atoms with Gasteiger partial charge in [0.2, 0.25) is 0 Å². The van der Waals surface area contributed by atoms with Gasteiger partial charge in [-0.15, -0.1) is 0 Å². The van der Waals surface area contributed by atoms with Gasteiger partial charge in [-0.2, -0.15) is 4.31 Å². The molecule has 0 aliphatic rings. The van der Waals surface area contributed by atoms with Crippen LogP contribution in [0.1, 0.15) is 5.56 Å². The van der Waals surface area contributed by atoms with Crippen LogP contribution in [0.2, 0.25) is 0 Å². The lowest BCUT2D eigenvalue weighted by molar-refractivity contribution is 0.150. The summed E-state index contributed by atoms with van der Waals surface area (Å²) in [6.07, 6.45) is 1.34. The number of hydrogen-bond donors (Lipinski definition) is 1. The molecular formula is C12H20N2O5S. The Balaban J connectivity index is 2.94. The van der Waals surface area contributed by atoms with Crippen LogP contribution >= 0.6 is 0 Å². The molecule has 0 atom stereocenters. The number of sulfonamides is 1. The molecule has 8 heteroatoms. The molecule has 20 heavy (non-hydrogen) atoms. The summed E-state index contributed by atoms with van der Waals surface area (Å²) in [6.45, 7) is 0.858. The molecule has 114 valence electrons. The fourth-order valence-corrected chi connectivity index (χ4v) is 2.85. The average molecular weight is 304 g/mol. The second kappa shape index (κ2) is 8.28. The number of ether oxygens (including phenoxy) is 2. The fourth-order valence-electron chi connectivity index (χ4n) is 1.53. The van der Waals surface area contributed by atoms with Crippen LogP contribution < -0.4 is 0 Å². The molecule has 0 aliphatic heterocycles. The van der Waals surface area contributed by atoms with E-state index in [1.54, 1.807) is 0 Å². The van der Waals surface area contributed by atoms with Crippen LogP contribution in [0.15, 0.2) is 23.4 Å². The molecule has 0 amide bonds. The molecule has 1 aromatic rings. The predicted molar refractivity (Wildman–Crippen MR) is 72.7 cm³/mol. The van der Waals surface area contributed by atoms with Gasteiger partial charge in [-0.3, -0.25) is 0 Å². The van der Waals surface area contributed by atoms with E-state index in [2.05, 4.69) is 4.98 Å². The molecule has 1 rings (SSSR count). The Hall–Kier alpha value is -1.06. The normalized spacial score (nSPS) is 12.0. The zero-order valence-electron chi connectivity index (χ0n) is 11.7. The van der Waals surface area contributed by atoms with Crippen molar-refractivity contribution < 1.29 is 23.0 Å². The standard InChI is InChI=1S/C12H20N2O5S/c1-18-7-5-14(6-8-19-2)20(16,17)12-4-3-11(10-15)9-13-12/h3-4,9,15H,5-8,10H2,1-2H3. The molecule has 1 heterocycles. The third kappa shape index (κ3) is 4.50. The van der Waals surface area contributed by atoms with Gasteiger partial charge in [0.15, 0.2) is 5.03 Å². The molecule has 0 bridgehead atoms. The summed E-state index contributed by atoms with van der Waals surface area (Å²) in [6, 6.07) is 2.91. The first kappa shape index (κ1) is 17.0. The van der Waals surface area contributed by atoms with Gasteiger partial charge in [0, 0.05) is 33.5 Å². The highest BCUT2D eigenvalue weighted by atomic mass is 32.2. The Bertz CT molecular complexity index is 481. The highest BCUT2D eigenvalue weighted by molar-refractivity contribution is 7.89. The summed E-state index contributed by atoms with van der Waals surface area (Å²) in [4.78, 5) is 3.89. The van der Waals surface area contributed by atoms with Crippen molar-refractivity contribution in [3.05, 3.63) is 23.9 Å². The summed E-state index contributed by atoms with van der Waals surface area (Å²) < 4.78 is 36.0. The summed E-state index contributed by atoms with van der Waals surface area (Å²) in [7, 11) is -0.671. The monoisotopic (exact) mass is 304 g/mol. The van der Waals surface area contributed by atoms with Crippen molar-refractivity contribution in [2.45, 2.75) is 11.6 Å². The van der Waals surface area contributed by atoms with E-state index in [0.29, 0.717) is 5.56 Å². The maximum absolute atomic E-state index is 12.4. The zero-order valence-corrected chi connectivity index (χ0v) is 12.5. The number of rotatable bonds is 9. The van der Waals surface area contributed by atoms with Crippen LogP contribution in [0.3, 0.4) is 0 Å². The summed E-state index contributed by atoms with van der Waals surface area (Å²) in [5.41, 5.74) is 0.560. The quantitative estimate of drug-likeness (QED) is 0.683. The minimum atomic E-state index is -3.69. The van der Waals surface area contributed by atoms with Crippen molar-refractivity contribution in [3.8, 4) is 0 Å². The van der Waals surface area contributed by atoms with Gasteiger partial charge in [0.05, 0.1) is 19.8 Å². The third-order valence-electron chi connectivity index (χ3n) is 2.67. The summed E-state index contributed by atoms with van der Waals surface area (Å²) in [5.74, 6) is 0. The Kier molecular flexibility index (Phi) is 7.03. The maximum atomic E-state index is 12.4. The second-order valence-corrected chi connectivity index (χ2v) is 5.94. The number of pyridine rings is 1. The molecule has 0 spiro atoms. The first-order chi connectivity index (χ1) is 9.56. The molecule has 0 unspecified atom stereocenters. The van der Waals surface area contributed by atoms with Crippen LogP contribution in [-0.4, -0.2) is 63.3 Å². The highest BCUT2D eigenvalue weighted by Crippen LogP contribution is 2.13. The van der Waals surface area contributed by atoms with Gasteiger partial charge in [0.1, 0.15) is 0 Å². The van der Waals surface area contributed by atoms with Crippen LogP contribution in [0.25, 0.3) is 0 Å². The van der Waals surface area contributed by atoms with Crippen molar-refractivity contribution in [3.63, 3.8) is 0 Å². The molecule has 1 N–H and O–H groups in total. The Morgan fingerprint density at radius 1 is 1.20 bits per heavy atom. The number of methoxy groups -OCH3 is 2.